The lowest BCUT2D eigenvalue weighted by molar-refractivity contribution is 0.316. The van der Waals surface area contributed by atoms with E-state index in [9.17, 15) is 0 Å². The summed E-state index contributed by atoms with van der Waals surface area (Å²) in [6, 6.07) is 10.3. The molecule has 4 nitrogen and oxygen atoms in total. The fourth-order valence-electron chi connectivity index (χ4n) is 3.82. The molecule has 1 aromatic heterocycles. The van der Waals surface area contributed by atoms with E-state index in [-0.39, 0.29) is 0 Å². The molecule has 2 aromatic rings. The molecule has 4 rings (SSSR count). The van der Waals surface area contributed by atoms with Crippen molar-refractivity contribution in [3.63, 3.8) is 0 Å². The van der Waals surface area contributed by atoms with Crippen molar-refractivity contribution in [1.82, 2.24) is 15.6 Å². The Balaban J connectivity index is 1.30. The third-order valence-corrected chi connectivity index (χ3v) is 5.85. The van der Waals surface area contributed by atoms with Gasteiger partial charge < -0.3 is 15.5 Å². The predicted molar refractivity (Wildman–Crippen MR) is 102 cm³/mol. The Kier molecular flexibility index (Phi) is 5.11. The van der Waals surface area contributed by atoms with Crippen LogP contribution < -0.4 is 15.5 Å². The van der Waals surface area contributed by atoms with Gasteiger partial charge in [-0.25, -0.2) is 4.98 Å². The Hall–Kier alpha value is -1.43. The second-order valence-corrected chi connectivity index (χ2v) is 7.59. The van der Waals surface area contributed by atoms with E-state index in [1.54, 1.807) is 11.3 Å². The fourth-order valence-corrected chi connectivity index (χ4v) is 4.39. The lowest BCUT2D eigenvalue weighted by atomic mass is 9.99. The van der Waals surface area contributed by atoms with Crippen molar-refractivity contribution >= 4 is 17.0 Å². The minimum Gasteiger partial charge on any atom is -0.371 e. The first-order valence-corrected chi connectivity index (χ1v) is 10.0. The molecule has 0 aliphatic carbocycles. The Morgan fingerprint density at radius 2 is 1.71 bits per heavy atom. The number of piperidine rings is 2. The average Bonchev–Trinajstić information content (AvgIpc) is 3.18. The van der Waals surface area contributed by atoms with E-state index in [1.807, 2.05) is 5.51 Å². The summed E-state index contributed by atoms with van der Waals surface area (Å²) in [6.45, 7) is 4.64. The standard InChI is InChI=1S/C19H26N4S/c1-3-18(4-2-15(1)19-13-24-14-21-19)23-11-7-17(8-12-23)22-16-5-9-20-10-6-16/h1-4,13-14,16-17,20,22H,5-12H2. The zero-order valence-electron chi connectivity index (χ0n) is 14.1. The summed E-state index contributed by atoms with van der Waals surface area (Å²) in [5.41, 5.74) is 5.52. The van der Waals surface area contributed by atoms with Gasteiger partial charge in [-0.3, -0.25) is 0 Å². The van der Waals surface area contributed by atoms with Crippen LogP contribution in [0, 0.1) is 0 Å². The number of hydrogen-bond donors (Lipinski definition) is 2. The van der Waals surface area contributed by atoms with Crippen LogP contribution in [0.25, 0.3) is 11.3 Å². The zero-order chi connectivity index (χ0) is 16.2. The average molecular weight is 343 g/mol. The third-order valence-electron chi connectivity index (χ3n) is 5.27. The normalized spacial score (nSPS) is 20.4. The van der Waals surface area contributed by atoms with Gasteiger partial charge >= 0.3 is 0 Å². The smallest absolute Gasteiger partial charge is 0.0811 e. The molecule has 2 N–H and O–H groups in total. The number of hydrogen-bond acceptors (Lipinski definition) is 5. The molecule has 0 saturated carbocycles. The maximum atomic E-state index is 4.39. The number of rotatable bonds is 4. The van der Waals surface area contributed by atoms with Crippen LogP contribution in [0.5, 0.6) is 0 Å². The molecule has 2 aliphatic heterocycles. The van der Waals surface area contributed by atoms with Gasteiger partial charge in [0.15, 0.2) is 0 Å². The van der Waals surface area contributed by atoms with Crippen molar-refractivity contribution in [3.05, 3.63) is 35.2 Å². The highest BCUT2D eigenvalue weighted by Gasteiger charge is 2.22. The first-order chi connectivity index (χ1) is 11.9. The van der Waals surface area contributed by atoms with Gasteiger partial charge in [-0.1, -0.05) is 12.1 Å². The molecule has 2 aliphatic rings. The lowest BCUT2D eigenvalue weighted by Crippen LogP contribution is -2.49. The first-order valence-electron chi connectivity index (χ1n) is 9.09. The Morgan fingerprint density at radius 1 is 1.00 bits per heavy atom. The van der Waals surface area contributed by atoms with Crippen LogP contribution in [0.2, 0.25) is 0 Å². The molecule has 3 heterocycles. The summed E-state index contributed by atoms with van der Waals surface area (Å²) in [4.78, 5) is 6.91. The van der Waals surface area contributed by atoms with Crippen molar-refractivity contribution in [2.24, 2.45) is 0 Å². The molecule has 24 heavy (non-hydrogen) atoms. The summed E-state index contributed by atoms with van der Waals surface area (Å²) in [5.74, 6) is 0. The van der Waals surface area contributed by atoms with Gasteiger partial charge in [0.1, 0.15) is 0 Å². The van der Waals surface area contributed by atoms with Crippen molar-refractivity contribution in [2.45, 2.75) is 37.8 Å². The van der Waals surface area contributed by atoms with E-state index in [4.69, 9.17) is 0 Å². The maximum Gasteiger partial charge on any atom is 0.0811 e. The van der Waals surface area contributed by atoms with E-state index in [1.165, 1.54) is 50.0 Å². The largest absolute Gasteiger partial charge is 0.371 e. The first kappa shape index (κ1) is 16.1. The Morgan fingerprint density at radius 3 is 2.38 bits per heavy atom. The molecule has 0 amide bonds. The van der Waals surface area contributed by atoms with Gasteiger partial charge in [0.2, 0.25) is 0 Å². The van der Waals surface area contributed by atoms with Crippen LogP contribution >= 0.6 is 11.3 Å². The molecule has 2 fully saturated rings. The molecular formula is C19H26N4S. The summed E-state index contributed by atoms with van der Waals surface area (Å²) >= 11 is 1.65. The number of thiazole rings is 1. The lowest BCUT2D eigenvalue weighted by Gasteiger charge is -2.36. The zero-order valence-corrected chi connectivity index (χ0v) is 14.9. The molecule has 128 valence electrons. The second-order valence-electron chi connectivity index (χ2n) is 6.87. The van der Waals surface area contributed by atoms with E-state index in [0.717, 1.165) is 24.8 Å². The Labute approximate surface area is 148 Å². The highest BCUT2D eigenvalue weighted by atomic mass is 32.1. The van der Waals surface area contributed by atoms with Gasteiger partial charge in [0, 0.05) is 41.8 Å². The van der Waals surface area contributed by atoms with E-state index >= 15 is 0 Å². The molecule has 1 aromatic carbocycles. The molecular weight excluding hydrogens is 316 g/mol. The number of nitrogens with one attached hydrogen (secondary N) is 2. The quantitative estimate of drug-likeness (QED) is 0.896. The van der Waals surface area contributed by atoms with Crippen LogP contribution in [0.4, 0.5) is 5.69 Å². The summed E-state index contributed by atoms with van der Waals surface area (Å²) in [5, 5.41) is 9.43. The van der Waals surface area contributed by atoms with Gasteiger partial charge in [0.25, 0.3) is 0 Å². The van der Waals surface area contributed by atoms with Crippen LogP contribution in [-0.4, -0.2) is 43.2 Å². The molecule has 5 heteroatoms. The summed E-state index contributed by atoms with van der Waals surface area (Å²) in [7, 11) is 0. The number of nitrogens with zero attached hydrogens (tertiary/aromatic N) is 2. The fraction of sp³-hybridized carbons (Fsp3) is 0.526. The molecule has 0 bridgehead atoms. The van der Waals surface area contributed by atoms with Crippen molar-refractivity contribution in [3.8, 4) is 11.3 Å². The van der Waals surface area contributed by atoms with Gasteiger partial charge in [-0.15, -0.1) is 11.3 Å². The predicted octanol–water partition coefficient (Wildman–Crippen LogP) is 3.12. The number of benzene rings is 1. The van der Waals surface area contributed by atoms with Gasteiger partial charge in [-0.05, 0) is 50.9 Å². The van der Waals surface area contributed by atoms with E-state index in [0.29, 0.717) is 6.04 Å². The second kappa shape index (κ2) is 7.64. The molecule has 0 radical (unpaired) electrons. The van der Waals surface area contributed by atoms with Crippen molar-refractivity contribution in [1.29, 1.82) is 0 Å². The van der Waals surface area contributed by atoms with Crippen LogP contribution in [0.1, 0.15) is 25.7 Å². The van der Waals surface area contributed by atoms with Crippen molar-refractivity contribution < 1.29 is 0 Å². The SMILES string of the molecule is c1nc(-c2ccc(N3CCC(NC4CCNCC4)CC3)cc2)cs1. The van der Waals surface area contributed by atoms with Gasteiger partial charge in [0.05, 0.1) is 11.2 Å². The molecule has 0 spiro atoms. The topological polar surface area (TPSA) is 40.2 Å². The highest BCUT2D eigenvalue weighted by molar-refractivity contribution is 7.07. The Bertz CT molecular complexity index is 611. The number of aromatic nitrogens is 1. The minimum absolute atomic E-state index is 0.693. The third kappa shape index (κ3) is 3.79. The van der Waals surface area contributed by atoms with E-state index < -0.39 is 0 Å². The van der Waals surface area contributed by atoms with E-state index in [2.05, 4.69) is 50.2 Å². The summed E-state index contributed by atoms with van der Waals surface area (Å²) < 4.78 is 0. The van der Waals surface area contributed by atoms with Crippen molar-refractivity contribution in [2.75, 3.05) is 31.1 Å². The molecule has 0 unspecified atom stereocenters. The summed E-state index contributed by atoms with van der Waals surface area (Å²) in [6.07, 6.45) is 5.05. The monoisotopic (exact) mass is 342 g/mol. The molecule has 0 atom stereocenters. The maximum absolute atomic E-state index is 4.39. The number of anilines is 1. The molecule has 2 saturated heterocycles. The highest BCUT2D eigenvalue weighted by Crippen LogP contribution is 2.25. The van der Waals surface area contributed by atoms with Gasteiger partial charge in [-0.2, -0.15) is 0 Å². The minimum atomic E-state index is 0.693. The van der Waals surface area contributed by atoms with Crippen LogP contribution in [-0.2, 0) is 0 Å². The van der Waals surface area contributed by atoms with Crippen LogP contribution in [0.3, 0.4) is 0 Å². The van der Waals surface area contributed by atoms with Crippen LogP contribution in [0.15, 0.2) is 35.2 Å².